The van der Waals surface area contributed by atoms with Gasteiger partial charge in [-0.1, -0.05) is 31.3 Å². The summed E-state index contributed by atoms with van der Waals surface area (Å²) in [5, 5.41) is 14.7. The number of rotatable bonds is 6. The van der Waals surface area contributed by atoms with Crippen molar-refractivity contribution in [3.63, 3.8) is 0 Å². The molecule has 0 unspecified atom stereocenters. The van der Waals surface area contributed by atoms with Crippen molar-refractivity contribution >= 4 is 5.84 Å². The van der Waals surface area contributed by atoms with Crippen LogP contribution in [0.15, 0.2) is 5.16 Å². The second-order valence-electron chi connectivity index (χ2n) is 4.84. The molecule has 4 N–H and O–H groups in total. The lowest BCUT2D eigenvalue weighted by Gasteiger charge is -2.27. The Kier molecular flexibility index (Phi) is 6.23. The van der Waals surface area contributed by atoms with E-state index in [1.807, 2.05) is 0 Å². The summed E-state index contributed by atoms with van der Waals surface area (Å²) in [6.07, 6.45) is 7.46. The first kappa shape index (κ1) is 13.3. The van der Waals surface area contributed by atoms with Gasteiger partial charge in [-0.15, -0.1) is 0 Å². The Morgan fingerprint density at radius 3 is 2.50 bits per heavy atom. The minimum Gasteiger partial charge on any atom is -0.409 e. The predicted molar refractivity (Wildman–Crippen MR) is 66.6 cm³/mol. The maximum atomic E-state index is 8.37. The topological polar surface area (TPSA) is 70.6 Å². The Hall–Kier alpha value is -0.770. The van der Waals surface area contributed by atoms with Crippen molar-refractivity contribution < 1.29 is 5.21 Å². The molecule has 0 saturated heterocycles. The number of hydrogen-bond acceptors (Lipinski definition) is 3. The molecule has 1 aliphatic rings. The van der Waals surface area contributed by atoms with Crippen LogP contribution in [0.2, 0.25) is 0 Å². The van der Waals surface area contributed by atoms with Crippen LogP contribution in [0.5, 0.6) is 0 Å². The fraction of sp³-hybridized carbons (Fsp3) is 0.917. The van der Waals surface area contributed by atoms with Crippen LogP contribution in [0.1, 0.15) is 45.4 Å². The summed E-state index contributed by atoms with van der Waals surface area (Å²) in [5.41, 5.74) is 5.39. The monoisotopic (exact) mass is 227 g/mol. The second-order valence-corrected chi connectivity index (χ2v) is 4.84. The van der Waals surface area contributed by atoms with Crippen molar-refractivity contribution in [1.82, 2.24) is 5.32 Å². The van der Waals surface area contributed by atoms with Gasteiger partial charge < -0.3 is 16.3 Å². The fourth-order valence-corrected chi connectivity index (χ4v) is 2.42. The lowest BCUT2D eigenvalue weighted by Crippen LogP contribution is -2.29. The SMILES string of the molecule is CCC1CCC(CNCCC(N)=NO)CC1. The molecule has 0 aromatic heterocycles. The van der Waals surface area contributed by atoms with Gasteiger partial charge in [-0.05, 0) is 31.2 Å². The zero-order chi connectivity index (χ0) is 11.8. The van der Waals surface area contributed by atoms with Crippen molar-refractivity contribution in [1.29, 1.82) is 0 Å². The zero-order valence-electron chi connectivity index (χ0n) is 10.3. The summed E-state index contributed by atoms with van der Waals surface area (Å²) in [7, 11) is 0. The van der Waals surface area contributed by atoms with Crippen molar-refractivity contribution in [2.24, 2.45) is 22.7 Å². The maximum Gasteiger partial charge on any atom is 0.140 e. The Morgan fingerprint density at radius 1 is 1.31 bits per heavy atom. The van der Waals surface area contributed by atoms with E-state index in [0.29, 0.717) is 12.3 Å². The van der Waals surface area contributed by atoms with E-state index in [9.17, 15) is 0 Å². The Labute approximate surface area is 98.3 Å². The lowest BCUT2D eigenvalue weighted by atomic mass is 9.81. The molecule has 1 aliphatic carbocycles. The molecule has 0 bridgehead atoms. The van der Waals surface area contributed by atoms with E-state index in [1.165, 1.54) is 32.1 Å². The first-order valence-corrected chi connectivity index (χ1v) is 6.43. The summed E-state index contributed by atoms with van der Waals surface area (Å²) in [4.78, 5) is 0. The van der Waals surface area contributed by atoms with E-state index < -0.39 is 0 Å². The normalized spacial score (nSPS) is 26.9. The molecule has 0 radical (unpaired) electrons. The van der Waals surface area contributed by atoms with Crippen LogP contribution in [-0.4, -0.2) is 24.1 Å². The van der Waals surface area contributed by atoms with Crippen LogP contribution in [-0.2, 0) is 0 Å². The maximum absolute atomic E-state index is 8.37. The van der Waals surface area contributed by atoms with Gasteiger partial charge in [0.2, 0.25) is 0 Å². The molecule has 0 heterocycles. The predicted octanol–water partition coefficient (Wildman–Crippen LogP) is 1.93. The summed E-state index contributed by atoms with van der Waals surface area (Å²) in [6, 6.07) is 0. The van der Waals surface area contributed by atoms with Gasteiger partial charge >= 0.3 is 0 Å². The third kappa shape index (κ3) is 4.84. The zero-order valence-corrected chi connectivity index (χ0v) is 10.3. The van der Waals surface area contributed by atoms with Gasteiger partial charge in [0, 0.05) is 13.0 Å². The van der Waals surface area contributed by atoms with Gasteiger partial charge in [0.05, 0.1) is 0 Å². The molecule has 1 fully saturated rings. The first-order chi connectivity index (χ1) is 7.76. The molecule has 4 heteroatoms. The number of nitrogens with one attached hydrogen (secondary N) is 1. The van der Waals surface area contributed by atoms with E-state index in [2.05, 4.69) is 17.4 Å². The van der Waals surface area contributed by atoms with Gasteiger partial charge in [0.15, 0.2) is 0 Å². The van der Waals surface area contributed by atoms with Crippen molar-refractivity contribution in [3.8, 4) is 0 Å². The molecule has 0 aromatic rings. The highest BCUT2D eigenvalue weighted by Crippen LogP contribution is 2.29. The minimum atomic E-state index is 0.308. The third-order valence-corrected chi connectivity index (χ3v) is 3.66. The van der Waals surface area contributed by atoms with E-state index in [-0.39, 0.29) is 0 Å². The Bertz CT molecular complexity index is 210. The highest BCUT2D eigenvalue weighted by atomic mass is 16.4. The Balaban J connectivity index is 2.02. The number of amidine groups is 1. The van der Waals surface area contributed by atoms with Crippen LogP contribution in [0.3, 0.4) is 0 Å². The summed E-state index contributed by atoms with van der Waals surface area (Å²) in [5.74, 6) is 2.10. The smallest absolute Gasteiger partial charge is 0.140 e. The molecule has 16 heavy (non-hydrogen) atoms. The van der Waals surface area contributed by atoms with Gasteiger partial charge in [-0.25, -0.2) is 0 Å². The van der Waals surface area contributed by atoms with E-state index >= 15 is 0 Å². The van der Waals surface area contributed by atoms with Gasteiger partial charge in [-0.3, -0.25) is 0 Å². The van der Waals surface area contributed by atoms with Crippen LogP contribution >= 0.6 is 0 Å². The minimum absolute atomic E-state index is 0.308. The average Bonchev–Trinajstić information content (AvgIpc) is 2.35. The molecule has 1 rings (SSSR count). The molecule has 0 atom stereocenters. The van der Waals surface area contributed by atoms with Crippen LogP contribution in [0.25, 0.3) is 0 Å². The quantitative estimate of drug-likeness (QED) is 0.213. The van der Waals surface area contributed by atoms with E-state index in [0.717, 1.165) is 24.9 Å². The molecule has 0 aromatic carbocycles. The number of hydrogen-bond donors (Lipinski definition) is 3. The summed E-state index contributed by atoms with van der Waals surface area (Å²) in [6.45, 7) is 4.18. The highest BCUT2D eigenvalue weighted by molar-refractivity contribution is 5.79. The van der Waals surface area contributed by atoms with Crippen LogP contribution in [0, 0.1) is 11.8 Å². The second kappa shape index (κ2) is 7.49. The van der Waals surface area contributed by atoms with Gasteiger partial charge in [-0.2, -0.15) is 0 Å². The molecule has 0 amide bonds. The van der Waals surface area contributed by atoms with E-state index in [4.69, 9.17) is 10.9 Å². The van der Waals surface area contributed by atoms with Crippen molar-refractivity contribution in [2.45, 2.75) is 45.4 Å². The van der Waals surface area contributed by atoms with Crippen molar-refractivity contribution in [2.75, 3.05) is 13.1 Å². The van der Waals surface area contributed by atoms with E-state index in [1.54, 1.807) is 0 Å². The highest BCUT2D eigenvalue weighted by Gasteiger charge is 2.19. The number of nitrogens with two attached hydrogens (primary N) is 1. The van der Waals surface area contributed by atoms with Crippen molar-refractivity contribution in [3.05, 3.63) is 0 Å². The standard InChI is InChI=1S/C12H25N3O/c1-2-10-3-5-11(6-4-10)9-14-8-7-12(13)15-16/h10-11,14,16H,2-9H2,1H3,(H2,13,15). The first-order valence-electron chi connectivity index (χ1n) is 6.43. The van der Waals surface area contributed by atoms with Crippen LogP contribution in [0.4, 0.5) is 0 Å². The van der Waals surface area contributed by atoms with Crippen LogP contribution < -0.4 is 11.1 Å². The van der Waals surface area contributed by atoms with Gasteiger partial charge in [0.25, 0.3) is 0 Å². The molecular formula is C12H25N3O. The lowest BCUT2D eigenvalue weighted by molar-refractivity contribution is 0.263. The molecule has 4 nitrogen and oxygen atoms in total. The summed E-state index contributed by atoms with van der Waals surface area (Å²) < 4.78 is 0. The molecular weight excluding hydrogens is 202 g/mol. The largest absolute Gasteiger partial charge is 0.409 e. The molecule has 94 valence electrons. The number of oxime groups is 1. The molecule has 0 aliphatic heterocycles. The summed E-state index contributed by atoms with van der Waals surface area (Å²) >= 11 is 0. The average molecular weight is 227 g/mol. The number of nitrogens with zero attached hydrogens (tertiary/aromatic N) is 1. The molecule has 0 spiro atoms. The fourth-order valence-electron chi connectivity index (χ4n) is 2.42. The third-order valence-electron chi connectivity index (χ3n) is 3.66. The Morgan fingerprint density at radius 2 is 1.94 bits per heavy atom. The van der Waals surface area contributed by atoms with Gasteiger partial charge in [0.1, 0.15) is 5.84 Å². The molecule has 1 saturated carbocycles.